The summed E-state index contributed by atoms with van der Waals surface area (Å²) in [5.74, 6) is 0.983. The van der Waals surface area contributed by atoms with Gasteiger partial charge < -0.3 is 10.1 Å². The lowest BCUT2D eigenvalue weighted by atomic mass is 10.0. The van der Waals surface area contributed by atoms with E-state index in [2.05, 4.69) is 62.5 Å². The van der Waals surface area contributed by atoms with Crippen molar-refractivity contribution >= 4 is 5.69 Å². The zero-order chi connectivity index (χ0) is 13.4. The lowest BCUT2D eigenvalue weighted by molar-refractivity contribution is 0.209. The topological polar surface area (TPSA) is 21.3 Å². The molecule has 2 nitrogen and oxygen atoms in total. The van der Waals surface area contributed by atoms with E-state index in [-0.39, 0.29) is 6.10 Å². The van der Waals surface area contributed by atoms with E-state index in [1.54, 1.807) is 0 Å². The molecule has 1 aliphatic rings. The average Bonchev–Trinajstić information content (AvgIpc) is 2.42. The van der Waals surface area contributed by atoms with Crippen LogP contribution in [0.25, 0.3) is 0 Å². The van der Waals surface area contributed by atoms with Crippen LogP contribution >= 0.6 is 0 Å². The maximum atomic E-state index is 6.18. The minimum Gasteiger partial charge on any atom is -0.481 e. The van der Waals surface area contributed by atoms with Crippen LogP contribution in [0.4, 0.5) is 5.69 Å². The van der Waals surface area contributed by atoms with Gasteiger partial charge in [-0.1, -0.05) is 30.3 Å². The van der Waals surface area contributed by atoms with Gasteiger partial charge in [0.1, 0.15) is 11.9 Å². The molecule has 0 saturated heterocycles. The molecule has 1 aliphatic heterocycles. The van der Waals surface area contributed by atoms with Crippen molar-refractivity contribution in [2.24, 2.45) is 0 Å². The van der Waals surface area contributed by atoms with E-state index in [0.717, 1.165) is 18.0 Å². The monoisotopic (exact) mass is 253 g/mol. The molecule has 0 aromatic heterocycles. The number of fused-ring (bicyclic) bond motifs is 1. The number of hydrogen-bond acceptors (Lipinski definition) is 2. The third-order valence-electron chi connectivity index (χ3n) is 3.85. The van der Waals surface area contributed by atoms with Crippen LogP contribution in [-0.2, 0) is 0 Å². The van der Waals surface area contributed by atoms with Crippen LogP contribution in [-0.4, -0.2) is 6.54 Å². The molecule has 2 heteroatoms. The molecule has 2 aromatic carbocycles. The van der Waals surface area contributed by atoms with Crippen molar-refractivity contribution in [3.8, 4) is 5.75 Å². The van der Waals surface area contributed by atoms with Crippen molar-refractivity contribution in [1.82, 2.24) is 0 Å². The Morgan fingerprint density at radius 1 is 1.00 bits per heavy atom. The molecular weight excluding hydrogens is 234 g/mol. The summed E-state index contributed by atoms with van der Waals surface area (Å²) >= 11 is 0. The largest absolute Gasteiger partial charge is 0.481 e. The first-order chi connectivity index (χ1) is 9.15. The summed E-state index contributed by atoms with van der Waals surface area (Å²) in [5.41, 5.74) is 6.16. The predicted molar refractivity (Wildman–Crippen MR) is 79.0 cm³/mol. The van der Waals surface area contributed by atoms with E-state index in [9.17, 15) is 0 Å². The maximum absolute atomic E-state index is 6.18. The fourth-order valence-electron chi connectivity index (χ4n) is 2.49. The number of hydrogen-bond donors (Lipinski definition) is 1. The van der Waals surface area contributed by atoms with E-state index in [0.29, 0.717) is 0 Å². The maximum Gasteiger partial charge on any atom is 0.146 e. The Balaban J connectivity index is 1.93. The summed E-state index contributed by atoms with van der Waals surface area (Å²) in [6.07, 6.45) is 0.0906. The van der Waals surface area contributed by atoms with Crippen LogP contribution in [0.2, 0.25) is 0 Å². The van der Waals surface area contributed by atoms with Crippen LogP contribution in [0.3, 0.4) is 0 Å². The molecule has 3 rings (SSSR count). The Morgan fingerprint density at radius 2 is 1.84 bits per heavy atom. The summed E-state index contributed by atoms with van der Waals surface area (Å²) in [4.78, 5) is 0. The number of rotatable bonds is 1. The van der Waals surface area contributed by atoms with Crippen LogP contribution in [0.15, 0.2) is 36.4 Å². The molecule has 2 aromatic rings. The van der Waals surface area contributed by atoms with Gasteiger partial charge in [0.2, 0.25) is 0 Å². The Hall–Kier alpha value is -1.96. The summed E-state index contributed by atoms with van der Waals surface area (Å²) in [5, 5.41) is 3.46. The molecule has 0 radical (unpaired) electrons. The first-order valence-electron chi connectivity index (χ1n) is 6.72. The molecule has 0 aliphatic carbocycles. The van der Waals surface area contributed by atoms with Crippen LogP contribution in [0, 0.1) is 20.8 Å². The predicted octanol–water partition coefficient (Wildman–Crippen LogP) is 4.16. The molecule has 1 atom stereocenters. The smallest absolute Gasteiger partial charge is 0.146 e. The minimum atomic E-state index is 0.0906. The molecule has 0 spiro atoms. The fourth-order valence-corrected chi connectivity index (χ4v) is 2.49. The second-order valence-corrected chi connectivity index (χ2v) is 5.28. The van der Waals surface area contributed by atoms with Crippen molar-refractivity contribution in [3.05, 3.63) is 58.7 Å². The summed E-state index contributed by atoms with van der Waals surface area (Å²) < 4.78 is 6.18. The third kappa shape index (κ3) is 2.19. The molecule has 0 saturated carbocycles. The molecular formula is C17H19NO. The molecule has 19 heavy (non-hydrogen) atoms. The first kappa shape index (κ1) is 12.1. The molecule has 98 valence electrons. The van der Waals surface area contributed by atoms with Crippen molar-refractivity contribution in [3.63, 3.8) is 0 Å². The number of nitrogens with one attached hydrogen (secondary N) is 1. The van der Waals surface area contributed by atoms with Crippen molar-refractivity contribution in [1.29, 1.82) is 0 Å². The van der Waals surface area contributed by atoms with Gasteiger partial charge in [0.25, 0.3) is 0 Å². The Labute approximate surface area is 114 Å². The first-order valence-corrected chi connectivity index (χ1v) is 6.72. The molecule has 1 N–H and O–H groups in total. The summed E-state index contributed by atoms with van der Waals surface area (Å²) in [6, 6.07) is 12.8. The lowest BCUT2D eigenvalue weighted by Crippen LogP contribution is -2.24. The second-order valence-electron chi connectivity index (χ2n) is 5.28. The Morgan fingerprint density at radius 3 is 2.63 bits per heavy atom. The van der Waals surface area contributed by atoms with Gasteiger partial charge in [-0.05, 0) is 49.1 Å². The second kappa shape index (κ2) is 4.61. The Bertz CT molecular complexity index is 619. The SMILES string of the molecule is Cc1ccc(C2CNc3cccc(C)c3O2)cc1C. The molecule has 0 fully saturated rings. The van der Waals surface area contributed by atoms with Crippen LogP contribution in [0.1, 0.15) is 28.4 Å². The zero-order valence-electron chi connectivity index (χ0n) is 11.7. The molecule has 0 amide bonds. The molecule has 1 unspecified atom stereocenters. The minimum absolute atomic E-state index is 0.0906. The normalized spacial score (nSPS) is 17.3. The van der Waals surface area contributed by atoms with E-state index >= 15 is 0 Å². The van der Waals surface area contributed by atoms with Gasteiger partial charge in [0.15, 0.2) is 0 Å². The van der Waals surface area contributed by atoms with Crippen molar-refractivity contribution in [2.75, 3.05) is 11.9 Å². The van der Waals surface area contributed by atoms with Gasteiger partial charge in [-0.2, -0.15) is 0 Å². The molecule has 1 heterocycles. The average molecular weight is 253 g/mol. The van der Waals surface area contributed by atoms with Gasteiger partial charge in [-0.15, -0.1) is 0 Å². The quantitative estimate of drug-likeness (QED) is 0.824. The highest BCUT2D eigenvalue weighted by atomic mass is 16.5. The van der Waals surface area contributed by atoms with E-state index in [4.69, 9.17) is 4.74 Å². The highest BCUT2D eigenvalue weighted by Gasteiger charge is 2.22. The fraction of sp³-hybridized carbons (Fsp3) is 0.294. The number of aryl methyl sites for hydroxylation is 3. The van der Waals surface area contributed by atoms with Crippen LogP contribution < -0.4 is 10.1 Å². The number of benzene rings is 2. The summed E-state index contributed by atoms with van der Waals surface area (Å²) in [7, 11) is 0. The van der Waals surface area contributed by atoms with Crippen molar-refractivity contribution in [2.45, 2.75) is 26.9 Å². The van der Waals surface area contributed by atoms with E-state index in [1.165, 1.54) is 22.3 Å². The van der Waals surface area contributed by atoms with Crippen molar-refractivity contribution < 1.29 is 4.74 Å². The Kier molecular flexibility index (Phi) is 2.94. The number of para-hydroxylation sites is 1. The third-order valence-corrected chi connectivity index (χ3v) is 3.85. The van der Waals surface area contributed by atoms with Gasteiger partial charge in [0, 0.05) is 0 Å². The van der Waals surface area contributed by atoms with Gasteiger partial charge >= 0.3 is 0 Å². The lowest BCUT2D eigenvalue weighted by Gasteiger charge is -2.29. The van der Waals surface area contributed by atoms with Gasteiger partial charge in [-0.3, -0.25) is 0 Å². The standard InChI is InChI=1S/C17H19NO/c1-11-7-8-14(9-13(11)3)16-10-18-15-6-4-5-12(2)17(15)19-16/h4-9,16,18H,10H2,1-3H3. The summed E-state index contributed by atoms with van der Waals surface area (Å²) in [6.45, 7) is 7.19. The van der Waals surface area contributed by atoms with E-state index in [1.807, 2.05) is 0 Å². The van der Waals surface area contributed by atoms with E-state index < -0.39 is 0 Å². The number of anilines is 1. The van der Waals surface area contributed by atoms with Gasteiger partial charge in [0.05, 0.1) is 12.2 Å². The highest BCUT2D eigenvalue weighted by Crippen LogP contribution is 2.36. The molecule has 0 bridgehead atoms. The van der Waals surface area contributed by atoms with Gasteiger partial charge in [-0.25, -0.2) is 0 Å². The highest BCUT2D eigenvalue weighted by molar-refractivity contribution is 5.61. The van der Waals surface area contributed by atoms with Crippen LogP contribution in [0.5, 0.6) is 5.75 Å². The number of ether oxygens (including phenoxy) is 1. The zero-order valence-corrected chi connectivity index (χ0v) is 11.7.